The first kappa shape index (κ1) is 14.2. The predicted octanol–water partition coefficient (Wildman–Crippen LogP) is 2.68. The van der Waals surface area contributed by atoms with Crippen molar-refractivity contribution < 1.29 is 4.79 Å². The summed E-state index contributed by atoms with van der Waals surface area (Å²) in [6.45, 7) is 2.36. The molecule has 3 N–H and O–H groups in total. The van der Waals surface area contributed by atoms with Gasteiger partial charge in [0.05, 0.1) is 6.54 Å². The van der Waals surface area contributed by atoms with Gasteiger partial charge in [-0.3, -0.25) is 4.79 Å². The maximum Gasteiger partial charge on any atom is 0.228 e. The van der Waals surface area contributed by atoms with E-state index >= 15 is 0 Å². The first-order valence-electron chi connectivity index (χ1n) is 7.81. The van der Waals surface area contributed by atoms with Gasteiger partial charge in [0.1, 0.15) is 0 Å². The van der Waals surface area contributed by atoms with Crippen LogP contribution in [0.25, 0.3) is 0 Å². The van der Waals surface area contributed by atoms with Crippen LogP contribution >= 0.6 is 0 Å². The fraction of sp³-hybridized carbons (Fsp3) is 0.500. The van der Waals surface area contributed by atoms with Gasteiger partial charge >= 0.3 is 0 Å². The highest BCUT2D eigenvalue weighted by molar-refractivity contribution is 5.95. The average molecular weight is 282 g/mol. The lowest BCUT2D eigenvalue weighted by Crippen LogP contribution is -2.16. The topological polar surface area (TPSA) is 55.1 Å². The fourth-order valence-corrected chi connectivity index (χ4v) is 3.58. The summed E-state index contributed by atoms with van der Waals surface area (Å²) in [6.07, 6.45) is 5.02. The molecule has 0 saturated heterocycles. The van der Waals surface area contributed by atoms with E-state index < -0.39 is 0 Å². The maximum absolute atomic E-state index is 12.5. The zero-order valence-corrected chi connectivity index (χ0v) is 12.5. The summed E-state index contributed by atoms with van der Waals surface area (Å²) < 4.78 is 0. The highest BCUT2D eigenvalue weighted by Gasteiger charge is 2.54. The Morgan fingerprint density at radius 1 is 1.33 bits per heavy atom. The van der Waals surface area contributed by atoms with Crippen molar-refractivity contribution in [2.45, 2.75) is 32.6 Å². The fourth-order valence-electron chi connectivity index (χ4n) is 3.58. The van der Waals surface area contributed by atoms with Gasteiger partial charge in [-0.05, 0) is 49.3 Å². The van der Waals surface area contributed by atoms with E-state index in [9.17, 15) is 4.79 Å². The monoisotopic (exact) mass is 282 g/mol. The molecule has 0 heterocycles. The van der Waals surface area contributed by atoms with Gasteiger partial charge in [0, 0.05) is 17.2 Å². The molecule has 2 atom stereocenters. The molecule has 0 radical (unpaired) electrons. The van der Waals surface area contributed by atoms with Crippen LogP contribution in [0.2, 0.25) is 0 Å². The smallest absolute Gasteiger partial charge is 0.228 e. The summed E-state index contributed by atoms with van der Waals surface area (Å²) in [5.74, 6) is 7.57. The average Bonchev–Trinajstić information content (AvgIpc) is 3.22. The molecular formula is C18H22N2O. The number of aryl methyl sites for hydroxylation is 1. The molecular weight excluding hydrogens is 260 g/mol. The Labute approximate surface area is 126 Å². The van der Waals surface area contributed by atoms with Crippen molar-refractivity contribution in [3.8, 4) is 11.8 Å². The van der Waals surface area contributed by atoms with Gasteiger partial charge in [-0.25, -0.2) is 0 Å². The third-order valence-corrected chi connectivity index (χ3v) is 4.79. The third-order valence-electron chi connectivity index (χ3n) is 4.79. The number of carbonyl (C=O) groups is 1. The Bertz CT molecular complexity index is 599. The lowest BCUT2D eigenvalue weighted by molar-refractivity contribution is -0.117. The molecule has 3 heteroatoms. The number of fused-ring (bicyclic) bond motifs is 1. The third kappa shape index (κ3) is 2.96. The Balaban J connectivity index is 1.71. The summed E-state index contributed by atoms with van der Waals surface area (Å²) in [6, 6.07) is 5.91. The Morgan fingerprint density at radius 2 is 2.05 bits per heavy atom. The van der Waals surface area contributed by atoms with Crippen molar-refractivity contribution in [2.24, 2.45) is 23.5 Å². The highest BCUT2D eigenvalue weighted by Crippen LogP contribution is 2.55. The minimum absolute atomic E-state index is 0.193. The van der Waals surface area contributed by atoms with Crippen LogP contribution in [0.3, 0.4) is 0 Å². The molecule has 0 bridgehead atoms. The van der Waals surface area contributed by atoms with Crippen LogP contribution in [0, 0.1) is 36.5 Å². The molecule has 0 aromatic heterocycles. The van der Waals surface area contributed by atoms with Gasteiger partial charge < -0.3 is 11.1 Å². The normalized spacial score (nSPS) is 26.3. The second kappa shape index (κ2) is 5.91. The van der Waals surface area contributed by atoms with Crippen molar-refractivity contribution in [2.75, 3.05) is 11.9 Å². The van der Waals surface area contributed by atoms with Gasteiger partial charge in [0.2, 0.25) is 5.91 Å². The number of amides is 1. The van der Waals surface area contributed by atoms with E-state index in [1.165, 1.54) is 25.7 Å². The minimum Gasteiger partial charge on any atom is -0.326 e. The second-order valence-electron chi connectivity index (χ2n) is 6.16. The van der Waals surface area contributed by atoms with Gasteiger partial charge in [0.25, 0.3) is 0 Å². The van der Waals surface area contributed by atoms with Crippen LogP contribution in [0.1, 0.15) is 36.8 Å². The van der Waals surface area contributed by atoms with Crippen LogP contribution < -0.4 is 11.1 Å². The molecule has 1 aromatic carbocycles. The largest absolute Gasteiger partial charge is 0.326 e. The molecule has 0 spiro atoms. The molecule has 110 valence electrons. The summed E-state index contributed by atoms with van der Waals surface area (Å²) in [4.78, 5) is 12.5. The van der Waals surface area contributed by atoms with Crippen LogP contribution in [0.4, 0.5) is 5.69 Å². The van der Waals surface area contributed by atoms with E-state index in [4.69, 9.17) is 5.73 Å². The molecule has 3 nitrogen and oxygen atoms in total. The zero-order chi connectivity index (χ0) is 14.8. The standard InChI is InChI=1S/C18H22N2O/c1-12-8-9-13(5-4-10-19)11-16(12)20-18(21)17-14-6-2-3-7-15(14)17/h8-9,11,14-15,17H,2-3,6-7,10,19H2,1H3,(H,20,21). The number of nitrogens with two attached hydrogens (primary N) is 1. The zero-order valence-electron chi connectivity index (χ0n) is 12.5. The maximum atomic E-state index is 12.5. The Morgan fingerprint density at radius 3 is 2.71 bits per heavy atom. The van der Waals surface area contributed by atoms with E-state index in [1.807, 2.05) is 25.1 Å². The summed E-state index contributed by atoms with van der Waals surface area (Å²) in [5.41, 5.74) is 8.25. The molecule has 1 amide bonds. The molecule has 2 saturated carbocycles. The number of benzene rings is 1. The van der Waals surface area contributed by atoms with Crippen LogP contribution in [0.5, 0.6) is 0 Å². The van der Waals surface area contributed by atoms with E-state index in [0.717, 1.165) is 16.8 Å². The predicted molar refractivity (Wildman–Crippen MR) is 84.7 cm³/mol. The molecule has 21 heavy (non-hydrogen) atoms. The Kier molecular flexibility index (Phi) is 3.98. The molecule has 1 aromatic rings. The van der Waals surface area contributed by atoms with Gasteiger partial charge in [-0.15, -0.1) is 0 Å². The first-order valence-corrected chi connectivity index (χ1v) is 7.81. The molecule has 3 rings (SSSR count). The number of anilines is 1. The lowest BCUT2D eigenvalue weighted by Gasteiger charge is -2.09. The van der Waals surface area contributed by atoms with Gasteiger partial charge in [-0.1, -0.05) is 30.7 Å². The van der Waals surface area contributed by atoms with Gasteiger partial charge in [-0.2, -0.15) is 0 Å². The SMILES string of the molecule is Cc1ccc(C#CCN)cc1NC(=O)C1C2CCCCC21. The number of rotatable bonds is 2. The van der Waals surface area contributed by atoms with Crippen LogP contribution in [0.15, 0.2) is 18.2 Å². The minimum atomic E-state index is 0.193. The van der Waals surface area contributed by atoms with Crippen molar-refractivity contribution in [1.29, 1.82) is 0 Å². The lowest BCUT2D eigenvalue weighted by atomic mass is 10.0. The molecule has 2 aliphatic carbocycles. The van der Waals surface area contributed by atoms with Crippen LogP contribution in [-0.4, -0.2) is 12.5 Å². The van der Waals surface area contributed by atoms with Crippen LogP contribution in [-0.2, 0) is 4.79 Å². The number of nitrogens with one attached hydrogen (secondary N) is 1. The van der Waals surface area contributed by atoms with Crippen molar-refractivity contribution in [3.05, 3.63) is 29.3 Å². The summed E-state index contributed by atoms with van der Waals surface area (Å²) >= 11 is 0. The van der Waals surface area contributed by atoms with Gasteiger partial charge in [0.15, 0.2) is 0 Å². The molecule has 0 aliphatic heterocycles. The molecule has 2 unspecified atom stereocenters. The first-order chi connectivity index (χ1) is 10.2. The highest BCUT2D eigenvalue weighted by atomic mass is 16.2. The molecule has 2 aliphatic rings. The van der Waals surface area contributed by atoms with Crippen molar-refractivity contribution in [1.82, 2.24) is 0 Å². The van der Waals surface area contributed by atoms with E-state index in [2.05, 4.69) is 17.2 Å². The van der Waals surface area contributed by atoms with Crippen molar-refractivity contribution >= 4 is 11.6 Å². The van der Waals surface area contributed by atoms with E-state index in [-0.39, 0.29) is 11.8 Å². The summed E-state index contributed by atoms with van der Waals surface area (Å²) in [7, 11) is 0. The number of hydrogen-bond donors (Lipinski definition) is 2. The second-order valence-corrected chi connectivity index (χ2v) is 6.16. The quantitative estimate of drug-likeness (QED) is 0.819. The molecule has 2 fully saturated rings. The summed E-state index contributed by atoms with van der Waals surface area (Å²) in [5, 5.41) is 3.11. The number of hydrogen-bond acceptors (Lipinski definition) is 2. The number of carbonyl (C=O) groups excluding carboxylic acids is 1. The van der Waals surface area contributed by atoms with E-state index in [0.29, 0.717) is 18.4 Å². The Hall–Kier alpha value is -1.79. The van der Waals surface area contributed by atoms with E-state index in [1.54, 1.807) is 0 Å². The van der Waals surface area contributed by atoms with Crippen molar-refractivity contribution in [3.63, 3.8) is 0 Å².